The van der Waals surface area contributed by atoms with Crippen LogP contribution in [-0.4, -0.2) is 10.8 Å². The lowest BCUT2D eigenvalue weighted by atomic mass is 10.0. The Labute approximate surface area is 113 Å². The molecule has 0 radical (unpaired) electrons. The Morgan fingerprint density at radius 1 is 1.22 bits per heavy atom. The Kier molecular flexibility index (Phi) is 3.94. The molecule has 0 aliphatic rings. The number of benzene rings is 1. The second-order valence-electron chi connectivity index (χ2n) is 3.67. The van der Waals surface area contributed by atoms with Gasteiger partial charge in [0, 0.05) is 28.8 Å². The molecule has 5 heteroatoms. The predicted molar refractivity (Wildman–Crippen MR) is 68.7 cm³/mol. The molecule has 0 atom stereocenters. The van der Waals surface area contributed by atoms with E-state index in [1.807, 2.05) is 0 Å². The molecule has 1 aromatic heterocycles. The van der Waals surface area contributed by atoms with Crippen LogP contribution >= 0.6 is 23.2 Å². The van der Waals surface area contributed by atoms with Crippen LogP contribution in [0.3, 0.4) is 0 Å². The van der Waals surface area contributed by atoms with Gasteiger partial charge < -0.3 is 0 Å². The minimum Gasteiger partial charge on any atom is -0.294 e. The monoisotopic (exact) mass is 283 g/mol. The molecule has 0 spiro atoms. The van der Waals surface area contributed by atoms with Crippen LogP contribution in [0.15, 0.2) is 36.5 Å². The fourth-order valence-electron chi connectivity index (χ4n) is 1.50. The first-order chi connectivity index (χ1) is 8.58. The molecule has 0 saturated carbocycles. The van der Waals surface area contributed by atoms with Crippen molar-refractivity contribution in [2.75, 3.05) is 0 Å². The summed E-state index contributed by atoms with van der Waals surface area (Å²) in [5.74, 6) is -0.746. The molecule has 18 heavy (non-hydrogen) atoms. The van der Waals surface area contributed by atoms with Crippen molar-refractivity contribution < 1.29 is 9.18 Å². The minimum atomic E-state index is -0.488. The molecule has 0 aliphatic heterocycles. The zero-order chi connectivity index (χ0) is 13.1. The summed E-state index contributed by atoms with van der Waals surface area (Å²) in [5.41, 5.74) is 0.567. The van der Waals surface area contributed by atoms with Crippen molar-refractivity contribution >= 4 is 29.0 Å². The Morgan fingerprint density at radius 2 is 2.00 bits per heavy atom. The fraction of sp³-hybridized carbons (Fsp3) is 0.0769. The van der Waals surface area contributed by atoms with E-state index in [1.165, 1.54) is 24.4 Å². The zero-order valence-corrected chi connectivity index (χ0v) is 10.7. The summed E-state index contributed by atoms with van der Waals surface area (Å²) in [6, 6.07) is 7.38. The standard InChI is InChI=1S/C13H8Cl2FNO/c14-10-2-1-3-11(16)9(10)6-12(18)8-4-5-13(15)17-7-8/h1-5,7H,6H2. The highest BCUT2D eigenvalue weighted by Gasteiger charge is 2.13. The van der Waals surface area contributed by atoms with E-state index < -0.39 is 5.82 Å². The number of pyridine rings is 1. The molecule has 2 rings (SSSR count). The highest BCUT2D eigenvalue weighted by Crippen LogP contribution is 2.21. The van der Waals surface area contributed by atoms with Gasteiger partial charge in [0.05, 0.1) is 0 Å². The molecule has 0 saturated heterocycles. The highest BCUT2D eigenvalue weighted by atomic mass is 35.5. The average molecular weight is 284 g/mol. The topological polar surface area (TPSA) is 30.0 Å². The summed E-state index contributed by atoms with van der Waals surface area (Å²) in [7, 11) is 0. The van der Waals surface area contributed by atoms with Gasteiger partial charge in [-0.3, -0.25) is 4.79 Å². The van der Waals surface area contributed by atoms with Crippen molar-refractivity contribution in [3.05, 3.63) is 63.6 Å². The number of nitrogens with zero attached hydrogens (tertiary/aromatic N) is 1. The molecule has 2 nitrogen and oxygen atoms in total. The number of carbonyl (C=O) groups excluding carboxylic acids is 1. The quantitative estimate of drug-likeness (QED) is 0.631. The van der Waals surface area contributed by atoms with Crippen LogP contribution in [-0.2, 0) is 6.42 Å². The molecule has 1 heterocycles. The molecule has 0 amide bonds. The second-order valence-corrected chi connectivity index (χ2v) is 4.46. The van der Waals surface area contributed by atoms with Gasteiger partial charge in [0.2, 0.25) is 0 Å². The normalized spacial score (nSPS) is 10.4. The molecule has 2 aromatic rings. The van der Waals surface area contributed by atoms with Crippen molar-refractivity contribution in [1.29, 1.82) is 0 Å². The van der Waals surface area contributed by atoms with E-state index in [0.29, 0.717) is 10.7 Å². The zero-order valence-electron chi connectivity index (χ0n) is 9.16. The lowest BCUT2D eigenvalue weighted by Crippen LogP contribution is -2.06. The van der Waals surface area contributed by atoms with Gasteiger partial charge in [0.15, 0.2) is 5.78 Å². The summed E-state index contributed by atoms with van der Waals surface area (Å²) in [6.45, 7) is 0. The maximum absolute atomic E-state index is 13.5. The number of ketones is 1. The third-order valence-corrected chi connectivity index (χ3v) is 3.03. The summed E-state index contributed by atoms with van der Waals surface area (Å²) in [4.78, 5) is 15.7. The van der Waals surface area contributed by atoms with E-state index in [1.54, 1.807) is 12.1 Å². The van der Waals surface area contributed by atoms with Crippen molar-refractivity contribution in [3.8, 4) is 0 Å². The Hall–Kier alpha value is -1.45. The first-order valence-corrected chi connectivity index (χ1v) is 5.91. The van der Waals surface area contributed by atoms with E-state index in [-0.39, 0.29) is 22.8 Å². The molecule has 0 unspecified atom stereocenters. The van der Waals surface area contributed by atoms with Crippen LogP contribution < -0.4 is 0 Å². The van der Waals surface area contributed by atoms with Crippen molar-refractivity contribution in [1.82, 2.24) is 4.98 Å². The van der Waals surface area contributed by atoms with E-state index in [0.717, 1.165) is 0 Å². The maximum atomic E-state index is 13.5. The third kappa shape index (κ3) is 2.86. The summed E-state index contributed by atoms with van der Waals surface area (Å²) < 4.78 is 13.5. The van der Waals surface area contributed by atoms with Crippen LogP contribution in [0.25, 0.3) is 0 Å². The smallest absolute Gasteiger partial charge is 0.168 e. The van der Waals surface area contributed by atoms with Crippen molar-refractivity contribution in [2.45, 2.75) is 6.42 Å². The van der Waals surface area contributed by atoms with Crippen LogP contribution in [0.1, 0.15) is 15.9 Å². The Morgan fingerprint density at radius 3 is 2.61 bits per heavy atom. The van der Waals surface area contributed by atoms with E-state index in [9.17, 15) is 9.18 Å². The third-order valence-electron chi connectivity index (χ3n) is 2.45. The van der Waals surface area contributed by atoms with Crippen LogP contribution in [0.2, 0.25) is 10.2 Å². The largest absolute Gasteiger partial charge is 0.294 e. The fourth-order valence-corrected chi connectivity index (χ4v) is 1.85. The van der Waals surface area contributed by atoms with Crippen LogP contribution in [0, 0.1) is 5.82 Å². The average Bonchev–Trinajstić information content (AvgIpc) is 2.34. The first-order valence-electron chi connectivity index (χ1n) is 5.15. The highest BCUT2D eigenvalue weighted by molar-refractivity contribution is 6.31. The maximum Gasteiger partial charge on any atom is 0.168 e. The Bertz CT molecular complexity index is 564. The Balaban J connectivity index is 2.24. The second kappa shape index (κ2) is 5.46. The molecule has 0 N–H and O–H groups in total. The predicted octanol–water partition coefficient (Wildman–Crippen LogP) is 3.95. The number of carbonyl (C=O) groups is 1. The molecule has 0 fully saturated rings. The van der Waals surface area contributed by atoms with Gasteiger partial charge in [0.1, 0.15) is 11.0 Å². The number of rotatable bonds is 3. The van der Waals surface area contributed by atoms with E-state index >= 15 is 0 Å². The van der Waals surface area contributed by atoms with Crippen molar-refractivity contribution in [2.24, 2.45) is 0 Å². The van der Waals surface area contributed by atoms with Crippen LogP contribution in [0.5, 0.6) is 0 Å². The van der Waals surface area contributed by atoms with Crippen LogP contribution in [0.4, 0.5) is 4.39 Å². The lowest BCUT2D eigenvalue weighted by Gasteiger charge is -2.05. The SMILES string of the molecule is O=C(Cc1c(F)cccc1Cl)c1ccc(Cl)nc1. The molecule has 92 valence electrons. The van der Waals surface area contributed by atoms with E-state index in [4.69, 9.17) is 23.2 Å². The number of halogens is 3. The summed E-state index contributed by atoms with van der Waals surface area (Å²) in [5, 5.41) is 0.542. The minimum absolute atomic E-state index is 0.102. The van der Waals surface area contributed by atoms with Gasteiger partial charge in [-0.15, -0.1) is 0 Å². The van der Waals surface area contributed by atoms with Gasteiger partial charge in [-0.1, -0.05) is 29.3 Å². The molecule has 0 aliphatic carbocycles. The molecular weight excluding hydrogens is 276 g/mol. The lowest BCUT2D eigenvalue weighted by molar-refractivity contribution is 0.0991. The number of Topliss-reactive ketones (excluding diaryl/α,β-unsaturated/α-hetero) is 1. The molecule has 1 aromatic carbocycles. The number of hydrogen-bond acceptors (Lipinski definition) is 2. The molecule has 0 bridgehead atoms. The summed E-state index contributed by atoms with van der Waals surface area (Å²) in [6.07, 6.45) is 1.26. The van der Waals surface area contributed by atoms with Crippen molar-refractivity contribution in [3.63, 3.8) is 0 Å². The first kappa shape index (κ1) is 13.0. The van der Waals surface area contributed by atoms with Gasteiger partial charge in [-0.25, -0.2) is 9.37 Å². The summed E-state index contributed by atoms with van der Waals surface area (Å²) >= 11 is 11.5. The van der Waals surface area contributed by atoms with Gasteiger partial charge in [0.25, 0.3) is 0 Å². The number of hydrogen-bond donors (Lipinski definition) is 0. The van der Waals surface area contributed by atoms with Gasteiger partial charge in [-0.05, 0) is 24.3 Å². The van der Waals surface area contributed by atoms with Gasteiger partial charge >= 0.3 is 0 Å². The molecular formula is C13H8Cl2FNO. The number of aromatic nitrogens is 1. The van der Waals surface area contributed by atoms with E-state index in [2.05, 4.69) is 4.98 Å². The van der Waals surface area contributed by atoms with Gasteiger partial charge in [-0.2, -0.15) is 0 Å².